The van der Waals surface area contributed by atoms with Crippen LogP contribution in [0.5, 0.6) is 5.75 Å². The summed E-state index contributed by atoms with van der Waals surface area (Å²) in [4.78, 5) is 23.0. The highest BCUT2D eigenvalue weighted by atomic mass is 19.1. The normalized spacial score (nSPS) is 15.6. The molecule has 0 atom stereocenters. The fraction of sp³-hybridized carbons (Fsp3) is 0.333. The molecule has 0 aliphatic carbocycles. The van der Waals surface area contributed by atoms with Crippen LogP contribution in [-0.2, 0) is 0 Å². The van der Waals surface area contributed by atoms with Gasteiger partial charge in [-0.3, -0.25) is 9.78 Å². The third-order valence-electron chi connectivity index (χ3n) is 4.68. The minimum Gasteiger partial charge on any atom is -0.488 e. The Morgan fingerprint density at radius 2 is 2.14 bits per heavy atom. The van der Waals surface area contributed by atoms with Gasteiger partial charge in [0.1, 0.15) is 23.1 Å². The molecular formula is C18H20FN7O2. The molecule has 1 amide bonds. The molecule has 1 fully saturated rings. The van der Waals surface area contributed by atoms with E-state index >= 15 is 0 Å². The summed E-state index contributed by atoms with van der Waals surface area (Å²) in [5.41, 5.74) is 6.50. The largest absolute Gasteiger partial charge is 0.488 e. The van der Waals surface area contributed by atoms with Crippen LogP contribution in [0, 0.1) is 5.82 Å². The highest BCUT2D eigenvalue weighted by Crippen LogP contribution is 2.28. The summed E-state index contributed by atoms with van der Waals surface area (Å²) in [6, 6.07) is 1.71. The first-order valence-electron chi connectivity index (χ1n) is 8.91. The van der Waals surface area contributed by atoms with E-state index in [1.165, 1.54) is 6.20 Å². The lowest BCUT2D eigenvalue weighted by Crippen LogP contribution is -2.35. The second-order valence-electron chi connectivity index (χ2n) is 6.75. The molecule has 3 aromatic rings. The Morgan fingerprint density at radius 1 is 1.36 bits per heavy atom. The summed E-state index contributed by atoms with van der Waals surface area (Å²) in [6.07, 6.45) is 7.11. The third-order valence-corrected chi connectivity index (χ3v) is 4.68. The summed E-state index contributed by atoms with van der Waals surface area (Å²) in [6.45, 7) is 1.91. The van der Waals surface area contributed by atoms with Crippen molar-refractivity contribution in [1.82, 2.24) is 24.5 Å². The fourth-order valence-corrected chi connectivity index (χ4v) is 3.19. The fourth-order valence-electron chi connectivity index (χ4n) is 3.19. The number of rotatable bonds is 4. The molecule has 0 radical (unpaired) electrons. The van der Waals surface area contributed by atoms with Gasteiger partial charge in [0.15, 0.2) is 17.3 Å². The van der Waals surface area contributed by atoms with Gasteiger partial charge in [-0.05, 0) is 19.9 Å². The molecule has 0 spiro atoms. The number of carbonyl (C=O) groups is 1. The van der Waals surface area contributed by atoms with E-state index in [-0.39, 0.29) is 23.1 Å². The molecule has 146 valence electrons. The predicted molar refractivity (Wildman–Crippen MR) is 101 cm³/mol. The standard InChI is InChI=1S/C18H20FN7O2/c1-25-6-3-12(4-7-25)28-14-2-5-21-9-13(14)23-18(27)15-16(20)24-26-10-11(19)8-22-17(15)26/h2,5,8-10,12H,3-4,6-7H2,1H3,(H2,20,24)(H,23,27). The van der Waals surface area contributed by atoms with E-state index in [1.54, 1.807) is 12.3 Å². The molecule has 0 unspecified atom stereocenters. The second-order valence-corrected chi connectivity index (χ2v) is 6.75. The number of hydrogen-bond acceptors (Lipinski definition) is 7. The van der Waals surface area contributed by atoms with Crippen LogP contribution < -0.4 is 15.8 Å². The van der Waals surface area contributed by atoms with Crippen LogP contribution in [0.15, 0.2) is 30.9 Å². The van der Waals surface area contributed by atoms with Crippen molar-refractivity contribution in [3.8, 4) is 5.75 Å². The van der Waals surface area contributed by atoms with E-state index < -0.39 is 11.7 Å². The van der Waals surface area contributed by atoms with Crippen molar-refractivity contribution in [2.24, 2.45) is 0 Å². The number of nitrogens with zero attached hydrogens (tertiary/aromatic N) is 5. The zero-order chi connectivity index (χ0) is 19.7. The Morgan fingerprint density at radius 3 is 2.93 bits per heavy atom. The van der Waals surface area contributed by atoms with Gasteiger partial charge in [-0.15, -0.1) is 5.10 Å². The number of pyridine rings is 1. The van der Waals surface area contributed by atoms with E-state index in [9.17, 15) is 9.18 Å². The molecule has 0 bridgehead atoms. The van der Waals surface area contributed by atoms with Gasteiger partial charge in [0.25, 0.3) is 5.91 Å². The van der Waals surface area contributed by atoms with Gasteiger partial charge in [0, 0.05) is 25.4 Å². The van der Waals surface area contributed by atoms with E-state index in [0.29, 0.717) is 11.4 Å². The highest BCUT2D eigenvalue weighted by molar-refractivity contribution is 6.11. The highest BCUT2D eigenvalue weighted by Gasteiger charge is 2.23. The Bertz CT molecular complexity index is 1010. The van der Waals surface area contributed by atoms with Crippen molar-refractivity contribution in [2.45, 2.75) is 18.9 Å². The molecule has 3 N–H and O–H groups in total. The van der Waals surface area contributed by atoms with Crippen LogP contribution in [-0.4, -0.2) is 56.6 Å². The Hall–Kier alpha value is -3.27. The van der Waals surface area contributed by atoms with Crippen LogP contribution in [0.4, 0.5) is 15.9 Å². The number of fused-ring (bicyclic) bond motifs is 1. The first kappa shape index (κ1) is 18.1. The summed E-state index contributed by atoms with van der Waals surface area (Å²) in [5, 5.41) is 6.69. The van der Waals surface area contributed by atoms with Crippen LogP contribution in [0.2, 0.25) is 0 Å². The van der Waals surface area contributed by atoms with Gasteiger partial charge < -0.3 is 20.7 Å². The van der Waals surface area contributed by atoms with Crippen LogP contribution in [0.25, 0.3) is 5.65 Å². The number of nitrogens with two attached hydrogens (primary N) is 1. The maximum absolute atomic E-state index is 13.3. The molecule has 9 nitrogen and oxygen atoms in total. The number of halogens is 1. The zero-order valence-corrected chi connectivity index (χ0v) is 15.3. The summed E-state index contributed by atoms with van der Waals surface area (Å²) >= 11 is 0. The number of nitrogen functional groups attached to an aromatic ring is 1. The Labute approximate surface area is 160 Å². The monoisotopic (exact) mass is 385 g/mol. The molecule has 1 aliphatic heterocycles. The molecule has 0 aromatic carbocycles. The topological polar surface area (TPSA) is 111 Å². The number of aromatic nitrogens is 4. The first-order chi connectivity index (χ1) is 13.5. The van der Waals surface area contributed by atoms with Crippen molar-refractivity contribution < 1.29 is 13.9 Å². The number of piperidine rings is 1. The van der Waals surface area contributed by atoms with E-state index in [2.05, 4.69) is 32.3 Å². The maximum atomic E-state index is 13.3. The lowest BCUT2D eigenvalue weighted by Gasteiger charge is -2.29. The van der Waals surface area contributed by atoms with E-state index in [1.807, 2.05) is 0 Å². The second kappa shape index (κ2) is 7.39. The number of ether oxygens (including phenoxy) is 1. The van der Waals surface area contributed by atoms with E-state index in [0.717, 1.165) is 42.8 Å². The number of amides is 1. The molecule has 0 saturated carbocycles. The van der Waals surface area contributed by atoms with Crippen molar-refractivity contribution in [1.29, 1.82) is 0 Å². The lowest BCUT2D eigenvalue weighted by atomic mass is 10.1. The molecule has 28 heavy (non-hydrogen) atoms. The van der Waals surface area contributed by atoms with Gasteiger partial charge in [0.05, 0.1) is 18.6 Å². The molecule has 3 aromatic heterocycles. The van der Waals surface area contributed by atoms with Crippen molar-refractivity contribution in [3.05, 3.63) is 42.2 Å². The van der Waals surface area contributed by atoms with Crippen molar-refractivity contribution >= 4 is 23.1 Å². The van der Waals surface area contributed by atoms with Gasteiger partial charge in [-0.25, -0.2) is 13.9 Å². The molecule has 4 heterocycles. The average Bonchev–Trinajstić information content (AvgIpc) is 3.00. The molecule has 1 aliphatic rings. The van der Waals surface area contributed by atoms with Gasteiger partial charge in [0.2, 0.25) is 0 Å². The molecular weight excluding hydrogens is 365 g/mol. The molecule has 10 heteroatoms. The van der Waals surface area contributed by atoms with E-state index in [4.69, 9.17) is 10.5 Å². The lowest BCUT2D eigenvalue weighted by molar-refractivity contribution is 0.102. The average molecular weight is 385 g/mol. The Balaban J connectivity index is 1.56. The summed E-state index contributed by atoms with van der Waals surface area (Å²) in [5.74, 6) is -0.611. The Kier molecular flexibility index (Phi) is 4.78. The minimum atomic E-state index is -0.581. The van der Waals surface area contributed by atoms with Gasteiger partial charge in [-0.2, -0.15) is 0 Å². The molecule has 1 saturated heterocycles. The third kappa shape index (κ3) is 3.58. The van der Waals surface area contributed by atoms with Gasteiger partial charge >= 0.3 is 0 Å². The summed E-state index contributed by atoms with van der Waals surface area (Å²) in [7, 11) is 2.08. The van der Waals surface area contributed by atoms with Crippen LogP contribution >= 0.6 is 0 Å². The predicted octanol–water partition coefficient (Wildman–Crippen LogP) is 1.57. The molecule has 4 rings (SSSR count). The first-order valence-corrected chi connectivity index (χ1v) is 8.91. The SMILES string of the molecule is CN1CCC(Oc2ccncc2NC(=O)c2c(N)nn3cc(F)cnc23)CC1. The number of carbonyl (C=O) groups excluding carboxylic acids is 1. The van der Waals surface area contributed by atoms with Crippen molar-refractivity contribution in [2.75, 3.05) is 31.2 Å². The summed E-state index contributed by atoms with van der Waals surface area (Å²) < 4.78 is 20.6. The quantitative estimate of drug-likeness (QED) is 0.701. The smallest absolute Gasteiger partial charge is 0.263 e. The van der Waals surface area contributed by atoms with Crippen LogP contribution in [0.3, 0.4) is 0 Å². The zero-order valence-electron chi connectivity index (χ0n) is 15.3. The van der Waals surface area contributed by atoms with Gasteiger partial charge in [-0.1, -0.05) is 0 Å². The maximum Gasteiger partial charge on any atom is 0.263 e. The van der Waals surface area contributed by atoms with Crippen molar-refractivity contribution in [3.63, 3.8) is 0 Å². The number of nitrogens with one attached hydrogen (secondary N) is 1. The number of hydrogen-bond donors (Lipinski definition) is 2. The van der Waals surface area contributed by atoms with Crippen LogP contribution in [0.1, 0.15) is 23.2 Å². The minimum absolute atomic E-state index is 0.0442. The number of anilines is 2. The number of likely N-dealkylation sites (tertiary alicyclic amines) is 1.